The van der Waals surface area contributed by atoms with Crippen molar-refractivity contribution in [1.29, 1.82) is 0 Å². The number of fused-ring (bicyclic) bond motifs is 1. The molecule has 0 saturated carbocycles. The van der Waals surface area contributed by atoms with Gasteiger partial charge in [0.15, 0.2) is 5.82 Å². The van der Waals surface area contributed by atoms with E-state index in [1.54, 1.807) is 17.7 Å². The second-order valence-corrected chi connectivity index (χ2v) is 7.15. The van der Waals surface area contributed by atoms with Crippen molar-refractivity contribution in [3.05, 3.63) is 30.5 Å². The zero-order chi connectivity index (χ0) is 24.2. The largest absolute Gasteiger partial charge is 0.405 e. The number of amides is 2. The zero-order valence-corrected chi connectivity index (χ0v) is 17.7. The van der Waals surface area contributed by atoms with Crippen LogP contribution in [0.15, 0.2) is 24.8 Å². The summed E-state index contributed by atoms with van der Waals surface area (Å²) in [6, 6.07) is 0.193. The number of aromatic amines is 2. The van der Waals surface area contributed by atoms with E-state index in [4.69, 9.17) is 5.11 Å². The van der Waals surface area contributed by atoms with Crippen molar-refractivity contribution in [2.75, 3.05) is 32.1 Å². The van der Waals surface area contributed by atoms with E-state index in [-0.39, 0.29) is 30.5 Å². The molecule has 0 aliphatic rings. The van der Waals surface area contributed by atoms with Gasteiger partial charge in [0.2, 0.25) is 5.91 Å². The molecule has 176 valence electrons. The van der Waals surface area contributed by atoms with Gasteiger partial charge in [0, 0.05) is 25.9 Å². The lowest BCUT2D eigenvalue weighted by molar-refractivity contribution is -0.380. The van der Waals surface area contributed by atoms with Gasteiger partial charge in [0.1, 0.15) is 30.3 Å². The van der Waals surface area contributed by atoms with Crippen molar-refractivity contribution in [1.82, 2.24) is 30.2 Å². The number of hydrogen-bond donors (Lipinski definition) is 4. The fourth-order valence-corrected chi connectivity index (χ4v) is 2.91. The highest BCUT2D eigenvalue weighted by Gasteiger charge is 2.29. The number of aliphatic hydroxyl groups excluding tert-OH is 1. The molecule has 0 bridgehead atoms. The van der Waals surface area contributed by atoms with Crippen LogP contribution in [0, 0.1) is 0 Å². The first-order chi connectivity index (χ1) is 15.6. The SMILES string of the molecule is C[C@H](Nc1cc(C(=O)N(C)CCO)nc(-c2c[nH]c3nc[nH+]cc23)n1)C(=O)NCC(F)(F)F. The molecule has 3 aromatic heterocycles. The van der Waals surface area contributed by atoms with Gasteiger partial charge >= 0.3 is 6.18 Å². The molecule has 5 N–H and O–H groups in total. The molecular weight excluding hydrogens is 445 g/mol. The molecule has 3 heterocycles. The normalized spacial score (nSPS) is 12.4. The highest BCUT2D eigenvalue weighted by Crippen LogP contribution is 2.25. The molecular formula is C19H22F3N8O3+. The van der Waals surface area contributed by atoms with Crippen LogP contribution in [-0.4, -0.2) is 80.7 Å². The Morgan fingerprint density at radius 3 is 2.79 bits per heavy atom. The van der Waals surface area contributed by atoms with Crippen LogP contribution in [0.3, 0.4) is 0 Å². The predicted octanol–water partition coefficient (Wildman–Crippen LogP) is 0.377. The van der Waals surface area contributed by atoms with Gasteiger partial charge < -0.3 is 25.6 Å². The maximum absolute atomic E-state index is 12.8. The number of carbonyl (C=O) groups is 2. The van der Waals surface area contributed by atoms with E-state index in [1.807, 2.05) is 0 Å². The van der Waals surface area contributed by atoms with Crippen molar-refractivity contribution < 1.29 is 32.9 Å². The lowest BCUT2D eigenvalue weighted by Crippen LogP contribution is -2.42. The molecule has 2 amide bonds. The molecule has 0 fully saturated rings. The number of H-pyrrole nitrogens is 2. The number of nitrogens with one attached hydrogen (secondary N) is 4. The second-order valence-electron chi connectivity index (χ2n) is 7.15. The standard InChI is InChI=1S/C19H21F3N8O3/c1-10(17(32)25-8-19(20,21)22)27-14-5-13(18(33)30(2)3-4-31)28-16(29-14)12-7-24-15-11(12)6-23-9-26-15/h5-7,9-10,31H,3-4,8H2,1-2H3,(H,25,32)(H,23,24,26)(H,27,28,29)/p+1/t10-/m0/s1. The zero-order valence-electron chi connectivity index (χ0n) is 17.7. The Morgan fingerprint density at radius 2 is 2.09 bits per heavy atom. The average Bonchev–Trinajstić information content (AvgIpc) is 3.20. The quantitative estimate of drug-likeness (QED) is 0.374. The first-order valence-corrected chi connectivity index (χ1v) is 9.79. The van der Waals surface area contributed by atoms with Crippen LogP contribution in [0.2, 0.25) is 0 Å². The third kappa shape index (κ3) is 5.91. The summed E-state index contributed by atoms with van der Waals surface area (Å²) < 4.78 is 37.2. The summed E-state index contributed by atoms with van der Waals surface area (Å²) in [5.74, 6) is -1.24. The molecule has 0 aliphatic carbocycles. The molecule has 0 radical (unpaired) electrons. The highest BCUT2D eigenvalue weighted by atomic mass is 19.4. The first kappa shape index (κ1) is 23.8. The fourth-order valence-electron chi connectivity index (χ4n) is 2.91. The van der Waals surface area contributed by atoms with E-state index in [0.29, 0.717) is 16.6 Å². The number of hydrogen-bond acceptors (Lipinski definition) is 7. The molecule has 3 aromatic rings. The number of halogens is 3. The average molecular weight is 467 g/mol. The van der Waals surface area contributed by atoms with Crippen LogP contribution in [0.4, 0.5) is 19.0 Å². The Kier molecular flexibility index (Phi) is 7.06. The van der Waals surface area contributed by atoms with Gasteiger partial charge in [0.25, 0.3) is 17.9 Å². The molecule has 0 aliphatic heterocycles. The Labute approximate surface area is 185 Å². The van der Waals surface area contributed by atoms with E-state index < -0.39 is 30.6 Å². The number of anilines is 1. The lowest BCUT2D eigenvalue weighted by atomic mass is 10.2. The maximum atomic E-state index is 12.8. The molecule has 0 aromatic carbocycles. The summed E-state index contributed by atoms with van der Waals surface area (Å²) in [5.41, 5.74) is 1.01. The molecule has 11 nitrogen and oxygen atoms in total. The topological polar surface area (TPSA) is 150 Å². The number of alkyl halides is 3. The van der Waals surface area contributed by atoms with Crippen molar-refractivity contribution >= 4 is 28.7 Å². The van der Waals surface area contributed by atoms with Gasteiger partial charge in [-0.3, -0.25) is 9.59 Å². The third-order valence-corrected chi connectivity index (χ3v) is 4.58. The molecule has 1 atom stereocenters. The molecule has 33 heavy (non-hydrogen) atoms. The van der Waals surface area contributed by atoms with Gasteiger partial charge in [-0.1, -0.05) is 0 Å². The van der Waals surface area contributed by atoms with Crippen molar-refractivity contribution in [3.63, 3.8) is 0 Å². The summed E-state index contributed by atoms with van der Waals surface area (Å²) >= 11 is 0. The van der Waals surface area contributed by atoms with Crippen LogP contribution in [0.5, 0.6) is 0 Å². The summed E-state index contributed by atoms with van der Waals surface area (Å²) in [5, 5.41) is 14.3. The van der Waals surface area contributed by atoms with E-state index in [1.165, 1.54) is 31.3 Å². The van der Waals surface area contributed by atoms with Crippen molar-refractivity contribution in [2.45, 2.75) is 19.1 Å². The second kappa shape index (κ2) is 9.77. The molecule has 0 saturated heterocycles. The van der Waals surface area contributed by atoms with Gasteiger partial charge in [-0.25, -0.2) is 15.0 Å². The van der Waals surface area contributed by atoms with E-state index in [0.717, 1.165) is 0 Å². The minimum Gasteiger partial charge on any atom is -0.395 e. The first-order valence-electron chi connectivity index (χ1n) is 9.79. The number of aromatic nitrogens is 5. The Hall–Kier alpha value is -3.81. The smallest absolute Gasteiger partial charge is 0.395 e. The number of likely N-dealkylation sites (N-methyl/N-ethyl adjacent to an activating group) is 1. The minimum absolute atomic E-state index is 0.0384. The van der Waals surface area contributed by atoms with Gasteiger partial charge in [0.05, 0.1) is 17.6 Å². The van der Waals surface area contributed by atoms with E-state index in [2.05, 4.69) is 30.2 Å². The van der Waals surface area contributed by atoms with Crippen molar-refractivity contribution in [3.8, 4) is 11.4 Å². The minimum atomic E-state index is -4.55. The Balaban J connectivity index is 1.95. The summed E-state index contributed by atoms with van der Waals surface area (Å²) in [6.45, 7) is -0.312. The molecule has 0 spiro atoms. The summed E-state index contributed by atoms with van der Waals surface area (Å²) in [7, 11) is 1.48. The number of rotatable bonds is 8. The molecule has 3 rings (SSSR count). The number of carbonyl (C=O) groups excluding carboxylic acids is 2. The Bertz CT molecular complexity index is 1150. The van der Waals surface area contributed by atoms with Gasteiger partial charge in [-0.2, -0.15) is 13.2 Å². The van der Waals surface area contributed by atoms with E-state index >= 15 is 0 Å². The van der Waals surface area contributed by atoms with Crippen LogP contribution in [-0.2, 0) is 4.79 Å². The predicted molar refractivity (Wildman–Crippen MR) is 110 cm³/mol. The van der Waals surface area contributed by atoms with Crippen LogP contribution >= 0.6 is 0 Å². The van der Waals surface area contributed by atoms with Crippen molar-refractivity contribution in [2.24, 2.45) is 0 Å². The summed E-state index contributed by atoms with van der Waals surface area (Å²) in [4.78, 5) is 44.7. The Morgan fingerprint density at radius 1 is 1.33 bits per heavy atom. The van der Waals surface area contributed by atoms with E-state index in [9.17, 15) is 22.8 Å². The van der Waals surface area contributed by atoms with Crippen LogP contribution in [0.25, 0.3) is 22.4 Å². The maximum Gasteiger partial charge on any atom is 0.405 e. The fraction of sp³-hybridized carbons (Fsp3) is 0.368. The summed E-state index contributed by atoms with van der Waals surface area (Å²) in [6.07, 6.45) is 0.177. The van der Waals surface area contributed by atoms with Crippen LogP contribution in [0.1, 0.15) is 17.4 Å². The molecule has 14 heteroatoms. The molecule has 0 unspecified atom stereocenters. The lowest BCUT2D eigenvalue weighted by Gasteiger charge is -2.18. The van der Waals surface area contributed by atoms with Crippen LogP contribution < -0.4 is 15.6 Å². The third-order valence-electron chi connectivity index (χ3n) is 4.58. The highest BCUT2D eigenvalue weighted by molar-refractivity contribution is 5.95. The number of nitrogens with zero attached hydrogens (tertiary/aromatic N) is 4. The number of aliphatic hydroxyl groups is 1. The van der Waals surface area contributed by atoms with Gasteiger partial charge in [-0.05, 0) is 11.9 Å². The monoisotopic (exact) mass is 467 g/mol. The van der Waals surface area contributed by atoms with Gasteiger partial charge in [-0.15, -0.1) is 0 Å².